The van der Waals surface area contributed by atoms with Crippen molar-refractivity contribution in [2.75, 3.05) is 6.61 Å². The Hall–Kier alpha value is -4.56. The SMILES string of the molecule is CCCOc1ccc(-c2nn(-c3ccccc3)cc2/C=c2\sc3nc(-c4ccc(C(C)(C)C)cc4)nn3c2=O)cc1C. The molecule has 0 amide bonds. The maximum Gasteiger partial charge on any atom is 0.291 e. The molecule has 0 aliphatic rings. The third-order valence-electron chi connectivity index (χ3n) is 7.15. The van der Waals surface area contributed by atoms with Gasteiger partial charge >= 0.3 is 0 Å². The quantitative estimate of drug-likeness (QED) is 0.214. The summed E-state index contributed by atoms with van der Waals surface area (Å²) in [7, 11) is 0. The highest BCUT2D eigenvalue weighted by Crippen LogP contribution is 2.29. The smallest absolute Gasteiger partial charge is 0.291 e. The van der Waals surface area contributed by atoms with Crippen LogP contribution in [0.3, 0.4) is 0 Å². The molecule has 6 rings (SSSR count). The Kier molecular flexibility index (Phi) is 7.24. The molecule has 0 bridgehead atoms. The summed E-state index contributed by atoms with van der Waals surface area (Å²) in [6, 6.07) is 24.3. The van der Waals surface area contributed by atoms with E-state index in [0.717, 1.165) is 45.8 Å². The number of thiazole rings is 1. The van der Waals surface area contributed by atoms with Crippen LogP contribution in [0, 0.1) is 6.92 Å². The zero-order valence-corrected chi connectivity index (χ0v) is 25.3. The van der Waals surface area contributed by atoms with Crippen LogP contribution in [0.4, 0.5) is 0 Å². The number of ether oxygens (including phenoxy) is 1. The molecule has 6 aromatic rings. The molecule has 0 atom stereocenters. The Balaban J connectivity index is 1.41. The maximum atomic E-state index is 13.5. The average Bonchev–Trinajstić information content (AvgIpc) is 3.67. The monoisotopic (exact) mass is 575 g/mol. The van der Waals surface area contributed by atoms with Crippen molar-refractivity contribution in [2.45, 2.75) is 46.5 Å². The second kappa shape index (κ2) is 11.0. The predicted octanol–water partition coefficient (Wildman–Crippen LogP) is 6.61. The van der Waals surface area contributed by atoms with Gasteiger partial charge in [-0.1, -0.05) is 81.5 Å². The van der Waals surface area contributed by atoms with Crippen molar-refractivity contribution in [3.05, 3.63) is 111 Å². The number of aryl methyl sites for hydroxylation is 1. The zero-order chi connectivity index (χ0) is 29.4. The van der Waals surface area contributed by atoms with E-state index in [2.05, 4.69) is 51.0 Å². The normalized spacial score (nSPS) is 12.4. The second-order valence-corrected chi connectivity index (χ2v) is 12.4. The third kappa shape index (κ3) is 5.37. The first-order valence-corrected chi connectivity index (χ1v) is 14.9. The maximum absolute atomic E-state index is 13.5. The van der Waals surface area contributed by atoms with Gasteiger partial charge in [-0.15, -0.1) is 5.10 Å². The van der Waals surface area contributed by atoms with Gasteiger partial charge in [0.15, 0.2) is 5.82 Å². The van der Waals surface area contributed by atoms with E-state index >= 15 is 0 Å². The van der Waals surface area contributed by atoms with Gasteiger partial charge in [0.1, 0.15) is 11.4 Å². The first-order chi connectivity index (χ1) is 20.2. The van der Waals surface area contributed by atoms with Crippen LogP contribution in [-0.2, 0) is 5.41 Å². The molecule has 42 heavy (non-hydrogen) atoms. The molecule has 3 aromatic carbocycles. The van der Waals surface area contributed by atoms with Gasteiger partial charge in [0, 0.05) is 22.9 Å². The summed E-state index contributed by atoms with van der Waals surface area (Å²) in [4.78, 5) is 18.7. The van der Waals surface area contributed by atoms with Crippen LogP contribution >= 0.6 is 11.3 Å². The van der Waals surface area contributed by atoms with Gasteiger partial charge in [-0.05, 0) is 66.3 Å². The van der Waals surface area contributed by atoms with Crippen LogP contribution in [0.1, 0.15) is 50.8 Å². The fourth-order valence-corrected chi connectivity index (χ4v) is 5.72. The molecule has 3 aromatic heterocycles. The molecule has 0 aliphatic heterocycles. The number of hydrogen-bond acceptors (Lipinski definition) is 6. The molecule has 7 nitrogen and oxygen atoms in total. The lowest BCUT2D eigenvalue weighted by molar-refractivity contribution is 0.315. The van der Waals surface area contributed by atoms with Gasteiger partial charge in [-0.2, -0.15) is 14.6 Å². The van der Waals surface area contributed by atoms with Crippen molar-refractivity contribution in [3.8, 4) is 34.1 Å². The largest absolute Gasteiger partial charge is 0.493 e. The summed E-state index contributed by atoms with van der Waals surface area (Å²) in [6.07, 6.45) is 4.79. The van der Waals surface area contributed by atoms with Gasteiger partial charge in [-0.25, -0.2) is 4.68 Å². The fraction of sp³-hybridized carbons (Fsp3) is 0.235. The van der Waals surface area contributed by atoms with Crippen LogP contribution in [0.15, 0.2) is 83.8 Å². The van der Waals surface area contributed by atoms with Crippen molar-refractivity contribution in [1.82, 2.24) is 24.4 Å². The first-order valence-electron chi connectivity index (χ1n) is 14.1. The Morgan fingerprint density at radius 3 is 2.36 bits per heavy atom. The molecule has 212 valence electrons. The summed E-state index contributed by atoms with van der Waals surface area (Å²) in [5.74, 6) is 1.41. The van der Waals surface area contributed by atoms with Gasteiger partial charge in [0.05, 0.1) is 16.8 Å². The van der Waals surface area contributed by atoms with Gasteiger partial charge in [-0.3, -0.25) is 4.79 Å². The first kappa shape index (κ1) is 27.6. The Labute approximate surface area is 248 Å². The summed E-state index contributed by atoms with van der Waals surface area (Å²) >= 11 is 1.33. The number of benzene rings is 3. The topological polar surface area (TPSA) is 74.3 Å². The fourth-order valence-electron chi connectivity index (χ4n) is 4.82. The number of hydrogen-bond donors (Lipinski definition) is 0. The number of rotatable bonds is 7. The summed E-state index contributed by atoms with van der Waals surface area (Å²) < 4.78 is 9.68. The van der Waals surface area contributed by atoms with Crippen LogP contribution in [0.5, 0.6) is 5.75 Å². The number of fused-ring (bicyclic) bond motifs is 1. The minimum absolute atomic E-state index is 0.0597. The zero-order valence-electron chi connectivity index (χ0n) is 24.5. The van der Waals surface area contributed by atoms with Crippen LogP contribution in [-0.4, -0.2) is 31.0 Å². The molecule has 0 aliphatic carbocycles. The minimum Gasteiger partial charge on any atom is -0.493 e. The molecule has 0 unspecified atom stereocenters. The van der Waals surface area contributed by atoms with E-state index in [-0.39, 0.29) is 11.0 Å². The van der Waals surface area contributed by atoms with Gasteiger partial charge in [0.25, 0.3) is 5.56 Å². The molecule has 0 saturated carbocycles. The van der Waals surface area contributed by atoms with E-state index in [1.807, 2.05) is 78.5 Å². The Morgan fingerprint density at radius 2 is 1.69 bits per heavy atom. The van der Waals surface area contributed by atoms with Crippen molar-refractivity contribution < 1.29 is 4.74 Å². The van der Waals surface area contributed by atoms with E-state index in [0.29, 0.717) is 21.9 Å². The van der Waals surface area contributed by atoms with Crippen LogP contribution in [0.25, 0.3) is 39.4 Å². The Morgan fingerprint density at radius 1 is 0.952 bits per heavy atom. The molecule has 3 heterocycles. The summed E-state index contributed by atoms with van der Waals surface area (Å²) in [5.41, 5.74) is 6.52. The lowest BCUT2D eigenvalue weighted by atomic mass is 9.87. The molecule has 0 saturated heterocycles. The highest BCUT2D eigenvalue weighted by atomic mass is 32.1. The summed E-state index contributed by atoms with van der Waals surface area (Å²) in [5, 5.41) is 9.50. The average molecular weight is 576 g/mol. The number of nitrogens with zero attached hydrogens (tertiary/aromatic N) is 5. The highest BCUT2D eigenvalue weighted by Gasteiger charge is 2.17. The lowest BCUT2D eigenvalue weighted by Gasteiger charge is -2.18. The molecular weight excluding hydrogens is 542 g/mol. The third-order valence-corrected chi connectivity index (χ3v) is 8.11. The van der Waals surface area contributed by atoms with Crippen molar-refractivity contribution >= 4 is 22.4 Å². The van der Waals surface area contributed by atoms with E-state index in [4.69, 9.17) is 14.8 Å². The molecule has 0 fully saturated rings. The van der Waals surface area contributed by atoms with Crippen molar-refractivity contribution in [2.24, 2.45) is 0 Å². The van der Waals surface area contributed by atoms with E-state index in [1.165, 1.54) is 21.4 Å². The van der Waals surface area contributed by atoms with Gasteiger partial charge < -0.3 is 4.74 Å². The molecule has 0 N–H and O–H groups in total. The Bertz CT molecular complexity index is 1980. The van der Waals surface area contributed by atoms with E-state index in [9.17, 15) is 4.79 Å². The molecular formula is C34H33N5O2S. The molecule has 8 heteroatoms. The predicted molar refractivity (Wildman–Crippen MR) is 170 cm³/mol. The number of para-hydroxylation sites is 1. The summed E-state index contributed by atoms with van der Waals surface area (Å²) in [6.45, 7) is 11.3. The van der Waals surface area contributed by atoms with Gasteiger partial charge in [0.2, 0.25) is 4.96 Å². The van der Waals surface area contributed by atoms with Crippen molar-refractivity contribution in [3.63, 3.8) is 0 Å². The molecule has 0 spiro atoms. The van der Waals surface area contributed by atoms with E-state index < -0.39 is 0 Å². The molecule has 0 radical (unpaired) electrons. The van der Waals surface area contributed by atoms with E-state index in [1.54, 1.807) is 0 Å². The lowest BCUT2D eigenvalue weighted by Crippen LogP contribution is -2.23. The second-order valence-electron chi connectivity index (χ2n) is 11.4. The number of aromatic nitrogens is 5. The highest BCUT2D eigenvalue weighted by molar-refractivity contribution is 7.15. The van der Waals surface area contributed by atoms with Crippen LogP contribution < -0.4 is 14.8 Å². The minimum atomic E-state index is -0.196. The standard InChI is InChI=1S/C34H33N5O2S/c1-6-18-41-28-17-14-24(19-22(28)2)30-25(21-38(36-30)27-10-8-7-9-11-27)20-29-32(40)39-33(42-29)35-31(37-39)23-12-15-26(16-13-23)34(3,4)5/h7-17,19-21H,6,18H2,1-5H3/b29-20-. The van der Waals surface area contributed by atoms with Crippen molar-refractivity contribution in [1.29, 1.82) is 0 Å². The van der Waals surface area contributed by atoms with Crippen LogP contribution in [0.2, 0.25) is 0 Å².